The van der Waals surface area contributed by atoms with E-state index in [1.165, 1.54) is 0 Å². The van der Waals surface area contributed by atoms with Gasteiger partial charge in [0.25, 0.3) is 5.91 Å². The van der Waals surface area contributed by atoms with E-state index < -0.39 is 5.60 Å². The molecule has 0 radical (unpaired) electrons. The standard InChI is InChI=1S/C12H19N3O2/c1-9-10(8-14(3)13-9)11(16)15-6-4-12(2,17)5-7-15/h8,17H,4-7H2,1-3H3. The van der Waals surface area contributed by atoms with Crippen LogP contribution in [0, 0.1) is 6.92 Å². The second-order valence-electron chi connectivity index (χ2n) is 5.09. The lowest BCUT2D eigenvalue weighted by atomic mass is 9.93. The molecule has 0 saturated carbocycles. The molecule has 0 aromatic carbocycles. The minimum Gasteiger partial charge on any atom is -0.390 e. The molecule has 1 saturated heterocycles. The van der Waals surface area contributed by atoms with Crippen molar-refractivity contribution in [3.05, 3.63) is 17.5 Å². The summed E-state index contributed by atoms with van der Waals surface area (Å²) in [5, 5.41) is 14.0. The van der Waals surface area contributed by atoms with Gasteiger partial charge in [-0.25, -0.2) is 0 Å². The highest BCUT2D eigenvalue weighted by Gasteiger charge is 2.30. The normalized spacial score (nSPS) is 19.4. The van der Waals surface area contributed by atoms with E-state index in [-0.39, 0.29) is 5.91 Å². The lowest BCUT2D eigenvalue weighted by Crippen LogP contribution is -2.45. The topological polar surface area (TPSA) is 58.4 Å². The molecule has 0 atom stereocenters. The number of amides is 1. The summed E-state index contributed by atoms with van der Waals surface area (Å²) in [7, 11) is 1.81. The van der Waals surface area contributed by atoms with Gasteiger partial charge in [-0.15, -0.1) is 0 Å². The Labute approximate surface area is 101 Å². The largest absolute Gasteiger partial charge is 0.390 e. The second-order valence-corrected chi connectivity index (χ2v) is 5.09. The SMILES string of the molecule is Cc1nn(C)cc1C(=O)N1CCC(C)(O)CC1. The Morgan fingerprint density at radius 3 is 2.53 bits per heavy atom. The Bertz CT molecular complexity index is 427. The van der Waals surface area contributed by atoms with Crippen molar-refractivity contribution in [2.75, 3.05) is 13.1 Å². The number of hydrogen-bond acceptors (Lipinski definition) is 3. The summed E-state index contributed by atoms with van der Waals surface area (Å²) in [4.78, 5) is 14.0. The molecule has 1 amide bonds. The Morgan fingerprint density at radius 1 is 1.47 bits per heavy atom. The maximum atomic E-state index is 12.2. The molecule has 1 aliphatic rings. The van der Waals surface area contributed by atoms with Crippen LogP contribution in [0.2, 0.25) is 0 Å². The van der Waals surface area contributed by atoms with Crippen LogP contribution in [0.5, 0.6) is 0 Å². The van der Waals surface area contributed by atoms with Crippen molar-refractivity contribution >= 4 is 5.91 Å². The molecule has 0 aliphatic carbocycles. The Kier molecular flexibility index (Phi) is 2.95. The number of carbonyl (C=O) groups is 1. The number of nitrogens with zero attached hydrogens (tertiary/aromatic N) is 3. The molecule has 5 heteroatoms. The third kappa shape index (κ3) is 2.49. The van der Waals surface area contributed by atoms with Gasteiger partial charge in [0.2, 0.25) is 0 Å². The third-order valence-corrected chi connectivity index (χ3v) is 3.37. The highest BCUT2D eigenvalue weighted by Crippen LogP contribution is 2.22. The number of aliphatic hydroxyl groups is 1. The molecular formula is C12H19N3O2. The van der Waals surface area contributed by atoms with E-state index >= 15 is 0 Å². The van der Waals surface area contributed by atoms with E-state index in [1.807, 2.05) is 20.9 Å². The zero-order valence-electron chi connectivity index (χ0n) is 10.6. The highest BCUT2D eigenvalue weighted by atomic mass is 16.3. The van der Waals surface area contributed by atoms with Crippen molar-refractivity contribution < 1.29 is 9.90 Å². The zero-order chi connectivity index (χ0) is 12.6. The summed E-state index contributed by atoms with van der Waals surface area (Å²) in [6, 6.07) is 0. The lowest BCUT2D eigenvalue weighted by Gasteiger charge is -2.35. The predicted octanol–water partition coefficient (Wildman–Crippen LogP) is 0.716. The lowest BCUT2D eigenvalue weighted by molar-refractivity contribution is -0.00204. The van der Waals surface area contributed by atoms with Gasteiger partial charge in [0, 0.05) is 26.3 Å². The van der Waals surface area contributed by atoms with Crippen LogP contribution in [-0.4, -0.2) is 44.4 Å². The first kappa shape index (κ1) is 12.1. The van der Waals surface area contributed by atoms with Crippen molar-refractivity contribution in [2.24, 2.45) is 7.05 Å². The van der Waals surface area contributed by atoms with E-state index in [4.69, 9.17) is 0 Å². The van der Waals surface area contributed by atoms with Crippen molar-refractivity contribution in [2.45, 2.75) is 32.3 Å². The number of hydrogen-bond donors (Lipinski definition) is 1. The van der Waals surface area contributed by atoms with Gasteiger partial charge >= 0.3 is 0 Å². The Balaban J connectivity index is 2.09. The van der Waals surface area contributed by atoms with Gasteiger partial charge in [-0.3, -0.25) is 9.48 Å². The quantitative estimate of drug-likeness (QED) is 0.782. The molecule has 1 aliphatic heterocycles. The van der Waals surface area contributed by atoms with Crippen LogP contribution in [0.15, 0.2) is 6.20 Å². The van der Waals surface area contributed by atoms with Crippen LogP contribution in [0.4, 0.5) is 0 Å². The van der Waals surface area contributed by atoms with E-state index in [0.29, 0.717) is 31.5 Å². The minimum absolute atomic E-state index is 0.0195. The van der Waals surface area contributed by atoms with Crippen molar-refractivity contribution in [1.29, 1.82) is 0 Å². The maximum absolute atomic E-state index is 12.2. The first-order valence-corrected chi connectivity index (χ1v) is 5.91. The summed E-state index contributed by atoms with van der Waals surface area (Å²) in [5.41, 5.74) is 0.796. The molecule has 94 valence electrons. The van der Waals surface area contributed by atoms with Gasteiger partial charge in [0.15, 0.2) is 0 Å². The van der Waals surface area contributed by atoms with Crippen molar-refractivity contribution in [3.8, 4) is 0 Å². The third-order valence-electron chi connectivity index (χ3n) is 3.37. The van der Waals surface area contributed by atoms with Crippen LogP contribution in [-0.2, 0) is 7.05 Å². The molecule has 1 aromatic rings. The smallest absolute Gasteiger partial charge is 0.257 e. The molecule has 0 bridgehead atoms. The minimum atomic E-state index is -0.624. The van der Waals surface area contributed by atoms with E-state index in [2.05, 4.69) is 5.10 Å². The van der Waals surface area contributed by atoms with Gasteiger partial charge in [0.1, 0.15) is 0 Å². The predicted molar refractivity (Wildman–Crippen MR) is 63.7 cm³/mol. The monoisotopic (exact) mass is 237 g/mol. The molecule has 0 unspecified atom stereocenters. The van der Waals surface area contributed by atoms with Crippen molar-refractivity contribution in [1.82, 2.24) is 14.7 Å². The average Bonchev–Trinajstić information content (AvgIpc) is 2.57. The van der Waals surface area contributed by atoms with Crippen LogP contribution < -0.4 is 0 Å². The highest BCUT2D eigenvalue weighted by molar-refractivity contribution is 5.95. The molecule has 1 fully saturated rings. The summed E-state index contributed by atoms with van der Waals surface area (Å²) in [6.07, 6.45) is 3.03. The Morgan fingerprint density at radius 2 is 2.06 bits per heavy atom. The maximum Gasteiger partial charge on any atom is 0.257 e. The molecular weight excluding hydrogens is 218 g/mol. The number of likely N-dealkylation sites (tertiary alicyclic amines) is 1. The van der Waals surface area contributed by atoms with Gasteiger partial charge in [0.05, 0.1) is 16.9 Å². The fraction of sp³-hybridized carbons (Fsp3) is 0.667. The van der Waals surface area contributed by atoms with E-state index in [1.54, 1.807) is 15.8 Å². The fourth-order valence-corrected chi connectivity index (χ4v) is 2.17. The van der Waals surface area contributed by atoms with E-state index in [9.17, 15) is 9.90 Å². The Hall–Kier alpha value is -1.36. The van der Waals surface area contributed by atoms with E-state index in [0.717, 1.165) is 5.69 Å². The first-order valence-electron chi connectivity index (χ1n) is 5.91. The number of piperidine rings is 1. The number of rotatable bonds is 1. The zero-order valence-corrected chi connectivity index (χ0v) is 10.6. The molecule has 1 aromatic heterocycles. The van der Waals surface area contributed by atoms with Gasteiger partial charge in [-0.2, -0.15) is 5.10 Å². The molecule has 2 heterocycles. The van der Waals surface area contributed by atoms with Crippen LogP contribution >= 0.6 is 0 Å². The average molecular weight is 237 g/mol. The van der Waals surface area contributed by atoms with Gasteiger partial charge in [-0.05, 0) is 26.7 Å². The van der Waals surface area contributed by atoms with Crippen LogP contribution in [0.3, 0.4) is 0 Å². The number of aryl methyl sites for hydroxylation is 2. The van der Waals surface area contributed by atoms with Crippen LogP contribution in [0.25, 0.3) is 0 Å². The number of carbonyl (C=O) groups excluding carboxylic acids is 1. The summed E-state index contributed by atoms with van der Waals surface area (Å²) in [5.74, 6) is 0.0195. The molecule has 17 heavy (non-hydrogen) atoms. The first-order chi connectivity index (χ1) is 7.89. The fourth-order valence-electron chi connectivity index (χ4n) is 2.17. The second kappa shape index (κ2) is 4.14. The molecule has 5 nitrogen and oxygen atoms in total. The van der Waals surface area contributed by atoms with Gasteiger partial charge in [-0.1, -0.05) is 0 Å². The molecule has 0 spiro atoms. The van der Waals surface area contributed by atoms with Crippen LogP contribution in [0.1, 0.15) is 35.8 Å². The molecule has 2 rings (SSSR count). The number of aromatic nitrogens is 2. The molecule has 1 N–H and O–H groups in total. The van der Waals surface area contributed by atoms with Crippen molar-refractivity contribution in [3.63, 3.8) is 0 Å². The van der Waals surface area contributed by atoms with Gasteiger partial charge < -0.3 is 10.0 Å². The summed E-state index contributed by atoms with van der Waals surface area (Å²) >= 11 is 0. The summed E-state index contributed by atoms with van der Waals surface area (Å²) in [6.45, 7) is 4.89. The summed E-state index contributed by atoms with van der Waals surface area (Å²) < 4.78 is 1.66.